The summed E-state index contributed by atoms with van der Waals surface area (Å²) in [5.41, 5.74) is 3.43. The van der Waals surface area contributed by atoms with Gasteiger partial charge in [-0.15, -0.1) is 0 Å². The number of halogens is 1. The molecule has 1 N–H and O–H groups in total. The maximum absolute atomic E-state index is 12.1. The van der Waals surface area contributed by atoms with Crippen molar-refractivity contribution < 1.29 is 19.0 Å². The van der Waals surface area contributed by atoms with Gasteiger partial charge in [0, 0.05) is 21.8 Å². The molecule has 0 aromatic heterocycles. The minimum Gasteiger partial charge on any atom is -0.496 e. The highest BCUT2D eigenvalue weighted by molar-refractivity contribution is 7.80. The van der Waals surface area contributed by atoms with E-state index in [9.17, 15) is 4.79 Å². The molecule has 0 amide bonds. The third-order valence-electron chi connectivity index (χ3n) is 4.53. The van der Waals surface area contributed by atoms with Crippen LogP contribution >= 0.6 is 23.8 Å². The highest BCUT2D eigenvalue weighted by Crippen LogP contribution is 2.41. The van der Waals surface area contributed by atoms with Crippen molar-refractivity contribution in [3.8, 4) is 5.75 Å². The summed E-state index contributed by atoms with van der Waals surface area (Å²) in [5.74, 6) is 0.358. The van der Waals surface area contributed by atoms with Crippen LogP contribution in [0, 0.1) is 6.92 Å². The van der Waals surface area contributed by atoms with Gasteiger partial charge in [0.25, 0.3) is 0 Å². The maximum atomic E-state index is 12.1. The second kappa shape index (κ2) is 8.90. The Morgan fingerprint density at radius 3 is 2.79 bits per heavy atom. The lowest BCUT2D eigenvalue weighted by Gasteiger charge is -2.24. The summed E-state index contributed by atoms with van der Waals surface area (Å²) in [7, 11) is 1.63. The van der Waals surface area contributed by atoms with E-state index in [1.165, 1.54) is 0 Å². The summed E-state index contributed by atoms with van der Waals surface area (Å²) >= 11 is 11.8. The molecule has 0 spiro atoms. The first-order valence-corrected chi connectivity index (χ1v) is 9.78. The molecule has 0 radical (unpaired) electrons. The molecule has 0 fully saturated rings. The number of hydrogen-bond acceptors (Lipinski definition) is 5. The van der Waals surface area contributed by atoms with Crippen LogP contribution in [0.25, 0.3) is 0 Å². The lowest BCUT2D eigenvalue weighted by atomic mass is 9.97. The number of carbonyl (C=O) groups excluding carboxylic acids is 1. The van der Waals surface area contributed by atoms with Gasteiger partial charge in [-0.3, -0.25) is 4.79 Å². The number of nitrogens with one attached hydrogen (secondary N) is 1. The molecule has 0 aliphatic carbocycles. The summed E-state index contributed by atoms with van der Waals surface area (Å²) in [6.07, 6.45) is -1.14. The van der Waals surface area contributed by atoms with Crippen molar-refractivity contribution in [2.75, 3.05) is 19.0 Å². The number of benzene rings is 2. The maximum Gasteiger partial charge on any atom is 0.308 e. The summed E-state index contributed by atoms with van der Waals surface area (Å²) in [4.78, 5) is 12.5. The van der Waals surface area contributed by atoms with Crippen LogP contribution in [-0.4, -0.2) is 30.8 Å². The first-order chi connectivity index (χ1) is 13.4. The van der Waals surface area contributed by atoms with E-state index in [2.05, 4.69) is 5.32 Å². The van der Waals surface area contributed by atoms with E-state index in [-0.39, 0.29) is 12.4 Å². The van der Waals surface area contributed by atoms with E-state index >= 15 is 0 Å². The average Bonchev–Trinajstić information content (AvgIpc) is 2.78. The zero-order valence-corrected chi connectivity index (χ0v) is 17.5. The average molecular weight is 420 g/mol. The van der Waals surface area contributed by atoms with Gasteiger partial charge < -0.3 is 19.5 Å². The third-order valence-corrected chi connectivity index (χ3v) is 5.13. The lowest BCUT2D eigenvalue weighted by Crippen LogP contribution is -2.31. The van der Waals surface area contributed by atoms with E-state index in [1.54, 1.807) is 20.1 Å². The second-order valence-electron chi connectivity index (χ2n) is 6.43. The first kappa shape index (κ1) is 20.6. The molecule has 5 nitrogen and oxygen atoms in total. The molecular weight excluding hydrogens is 398 g/mol. The molecule has 0 bridgehead atoms. The normalized spacial score (nSPS) is 18.6. The smallest absolute Gasteiger partial charge is 0.308 e. The number of thiocarbonyl (C=S) groups is 1. The summed E-state index contributed by atoms with van der Waals surface area (Å²) < 4.78 is 17.1. The Labute approximate surface area is 174 Å². The Hall–Kier alpha value is -2.15. The SMILES string of the molecule is CCOC(=O)CC1OC(c2cccc(C)c2OC)c2cc(Cl)ccc2NC1=S. The molecule has 7 heteroatoms. The number of methoxy groups -OCH3 is 1. The fraction of sp³-hybridized carbons (Fsp3) is 0.333. The van der Waals surface area contributed by atoms with Crippen molar-refractivity contribution in [1.82, 2.24) is 0 Å². The van der Waals surface area contributed by atoms with Gasteiger partial charge in [-0.1, -0.05) is 42.0 Å². The molecule has 3 rings (SSSR count). The van der Waals surface area contributed by atoms with Crippen LogP contribution in [0.5, 0.6) is 5.75 Å². The van der Waals surface area contributed by atoms with Crippen LogP contribution in [0.15, 0.2) is 36.4 Å². The minimum absolute atomic E-state index is 0.0199. The predicted molar refractivity (Wildman–Crippen MR) is 113 cm³/mol. The Morgan fingerprint density at radius 2 is 2.07 bits per heavy atom. The number of rotatable bonds is 5. The Kier molecular flexibility index (Phi) is 6.54. The number of hydrogen-bond donors (Lipinski definition) is 1. The van der Waals surface area contributed by atoms with Crippen molar-refractivity contribution in [2.24, 2.45) is 0 Å². The summed E-state index contributed by atoms with van der Waals surface area (Å²) in [5, 5.41) is 3.78. The molecule has 0 saturated carbocycles. The topological polar surface area (TPSA) is 56.8 Å². The molecule has 2 unspecified atom stereocenters. The molecule has 2 aromatic carbocycles. The van der Waals surface area contributed by atoms with Crippen LogP contribution in [0.2, 0.25) is 5.02 Å². The van der Waals surface area contributed by atoms with Crippen molar-refractivity contribution in [3.63, 3.8) is 0 Å². The van der Waals surface area contributed by atoms with Gasteiger partial charge in [-0.2, -0.15) is 0 Å². The number of esters is 1. The van der Waals surface area contributed by atoms with E-state index in [0.717, 1.165) is 28.1 Å². The second-order valence-corrected chi connectivity index (χ2v) is 7.31. The van der Waals surface area contributed by atoms with E-state index in [1.807, 2.05) is 37.3 Å². The van der Waals surface area contributed by atoms with Crippen LogP contribution in [0.3, 0.4) is 0 Å². The molecule has 1 aliphatic rings. The van der Waals surface area contributed by atoms with Gasteiger partial charge in [0.05, 0.1) is 20.1 Å². The van der Waals surface area contributed by atoms with Crippen LogP contribution in [0.1, 0.15) is 36.1 Å². The number of ether oxygens (including phenoxy) is 3. The van der Waals surface area contributed by atoms with Crippen molar-refractivity contribution in [1.29, 1.82) is 0 Å². The molecule has 2 atom stereocenters. The highest BCUT2D eigenvalue weighted by atomic mass is 35.5. The lowest BCUT2D eigenvalue weighted by molar-refractivity contribution is -0.145. The van der Waals surface area contributed by atoms with Crippen molar-refractivity contribution in [3.05, 3.63) is 58.1 Å². The summed E-state index contributed by atoms with van der Waals surface area (Å²) in [6, 6.07) is 11.3. The molecule has 1 aliphatic heterocycles. The quantitative estimate of drug-likeness (QED) is 0.553. The molecular formula is C21H22ClNO4S. The first-order valence-electron chi connectivity index (χ1n) is 8.99. The molecule has 1 heterocycles. The number of aryl methyl sites for hydroxylation is 1. The van der Waals surface area contributed by atoms with Gasteiger partial charge in [0.15, 0.2) is 0 Å². The Morgan fingerprint density at radius 1 is 1.29 bits per heavy atom. The van der Waals surface area contributed by atoms with Crippen LogP contribution in [-0.2, 0) is 14.3 Å². The fourth-order valence-electron chi connectivity index (χ4n) is 3.29. The third kappa shape index (κ3) is 4.29. The monoisotopic (exact) mass is 419 g/mol. The van der Waals surface area contributed by atoms with Gasteiger partial charge in [-0.05, 0) is 37.6 Å². The standard InChI is InChI=1S/C21H22ClNO4S/c1-4-26-18(24)11-17-21(28)23-16-9-8-13(22)10-15(16)20(27-17)14-7-5-6-12(2)19(14)25-3/h5-10,17,20H,4,11H2,1-3H3,(H,23,28). The molecule has 28 heavy (non-hydrogen) atoms. The van der Waals surface area contributed by atoms with Gasteiger partial charge in [0.2, 0.25) is 0 Å². The molecule has 2 aromatic rings. The zero-order chi connectivity index (χ0) is 20.3. The van der Waals surface area contributed by atoms with Crippen LogP contribution in [0.4, 0.5) is 5.69 Å². The van der Waals surface area contributed by atoms with E-state index in [4.69, 9.17) is 38.0 Å². The van der Waals surface area contributed by atoms with Crippen molar-refractivity contribution >= 4 is 40.5 Å². The largest absolute Gasteiger partial charge is 0.496 e. The van der Waals surface area contributed by atoms with E-state index in [0.29, 0.717) is 16.6 Å². The number of para-hydroxylation sites is 1. The number of anilines is 1. The molecule has 0 saturated heterocycles. The Bertz CT molecular complexity index is 902. The minimum atomic E-state index is -0.643. The van der Waals surface area contributed by atoms with E-state index < -0.39 is 12.2 Å². The van der Waals surface area contributed by atoms with Gasteiger partial charge in [0.1, 0.15) is 22.9 Å². The van der Waals surface area contributed by atoms with Crippen molar-refractivity contribution in [2.45, 2.75) is 32.5 Å². The van der Waals surface area contributed by atoms with Crippen LogP contribution < -0.4 is 10.1 Å². The fourth-order valence-corrected chi connectivity index (χ4v) is 3.72. The summed E-state index contributed by atoms with van der Waals surface area (Å²) in [6.45, 7) is 4.04. The Balaban J connectivity index is 2.09. The number of fused-ring (bicyclic) bond motifs is 1. The zero-order valence-electron chi connectivity index (χ0n) is 16.0. The number of carbonyl (C=O) groups is 1. The highest BCUT2D eigenvalue weighted by Gasteiger charge is 2.33. The van der Waals surface area contributed by atoms with Gasteiger partial charge in [-0.25, -0.2) is 0 Å². The molecule has 148 valence electrons. The van der Waals surface area contributed by atoms with Gasteiger partial charge >= 0.3 is 5.97 Å². The predicted octanol–water partition coefficient (Wildman–Crippen LogP) is 4.84.